The molecular formula is C16H13NO5. The molecule has 0 radical (unpaired) electrons. The number of ether oxygens (including phenoxy) is 1. The summed E-state index contributed by atoms with van der Waals surface area (Å²) >= 11 is 0. The van der Waals surface area contributed by atoms with Crippen LogP contribution in [0.5, 0.6) is 5.75 Å². The van der Waals surface area contributed by atoms with Crippen molar-refractivity contribution in [2.75, 3.05) is 7.11 Å². The summed E-state index contributed by atoms with van der Waals surface area (Å²) in [5, 5.41) is 10.0. The second-order valence-electron chi connectivity index (χ2n) is 4.45. The lowest BCUT2D eigenvalue weighted by atomic mass is 9.99. The van der Waals surface area contributed by atoms with Crippen molar-refractivity contribution in [2.24, 2.45) is 0 Å². The van der Waals surface area contributed by atoms with Gasteiger partial charge in [0.25, 0.3) is 0 Å². The molecule has 2 aromatic rings. The Kier molecular flexibility index (Phi) is 4.63. The number of esters is 1. The number of para-hydroxylation sites is 1. The number of pyridine rings is 1. The van der Waals surface area contributed by atoms with Gasteiger partial charge in [0.15, 0.2) is 11.6 Å². The highest BCUT2D eigenvalue weighted by atomic mass is 16.5. The van der Waals surface area contributed by atoms with Gasteiger partial charge in [0.2, 0.25) is 0 Å². The maximum Gasteiger partial charge on any atom is 0.341 e. The van der Waals surface area contributed by atoms with Crippen LogP contribution in [0.4, 0.5) is 0 Å². The van der Waals surface area contributed by atoms with Gasteiger partial charge in [0, 0.05) is 18.0 Å². The zero-order valence-corrected chi connectivity index (χ0v) is 11.8. The molecule has 22 heavy (non-hydrogen) atoms. The average Bonchev–Trinajstić information content (AvgIpc) is 2.55. The third-order valence-corrected chi connectivity index (χ3v) is 3.07. The lowest BCUT2D eigenvalue weighted by Gasteiger charge is -2.07. The van der Waals surface area contributed by atoms with Crippen molar-refractivity contribution < 1.29 is 24.2 Å². The number of methoxy groups -OCH3 is 1. The van der Waals surface area contributed by atoms with Crippen LogP contribution in [-0.4, -0.2) is 34.7 Å². The van der Waals surface area contributed by atoms with Crippen molar-refractivity contribution >= 4 is 17.5 Å². The van der Waals surface area contributed by atoms with E-state index in [1.54, 1.807) is 0 Å². The number of carbonyl (C=O) groups excluding carboxylic acids is 3. The number of carbonyl (C=O) groups is 3. The molecule has 6 nitrogen and oxygen atoms in total. The Hall–Kier alpha value is -3.02. The van der Waals surface area contributed by atoms with Gasteiger partial charge in [-0.1, -0.05) is 6.07 Å². The van der Waals surface area contributed by atoms with Crippen molar-refractivity contribution in [3.8, 4) is 5.75 Å². The van der Waals surface area contributed by atoms with E-state index in [2.05, 4.69) is 9.72 Å². The Morgan fingerprint density at radius 1 is 1.05 bits per heavy atom. The van der Waals surface area contributed by atoms with Crippen LogP contribution in [0.1, 0.15) is 37.5 Å². The van der Waals surface area contributed by atoms with Crippen molar-refractivity contribution in [2.45, 2.75) is 6.42 Å². The predicted molar refractivity (Wildman–Crippen MR) is 77.0 cm³/mol. The number of hydrogen-bond acceptors (Lipinski definition) is 6. The topological polar surface area (TPSA) is 93.6 Å². The summed E-state index contributed by atoms with van der Waals surface area (Å²) in [7, 11) is 1.17. The average molecular weight is 299 g/mol. The molecular weight excluding hydrogens is 286 g/mol. The highest BCUT2D eigenvalue weighted by Crippen LogP contribution is 2.24. The highest BCUT2D eigenvalue weighted by molar-refractivity contribution is 6.15. The number of hydrogen-bond donors (Lipinski definition) is 1. The fourth-order valence-electron chi connectivity index (χ4n) is 1.92. The van der Waals surface area contributed by atoms with Gasteiger partial charge in [0.1, 0.15) is 11.3 Å². The summed E-state index contributed by atoms with van der Waals surface area (Å²) in [5.41, 5.74) is 0.141. The number of Topliss-reactive ketones (excluding diaryl/α,β-unsaturated/α-hetero) is 2. The largest absolute Gasteiger partial charge is 0.506 e. The van der Waals surface area contributed by atoms with Gasteiger partial charge in [-0.2, -0.15) is 0 Å². The number of aromatic hydroxyl groups is 1. The van der Waals surface area contributed by atoms with E-state index in [-0.39, 0.29) is 11.1 Å². The number of benzene rings is 1. The summed E-state index contributed by atoms with van der Waals surface area (Å²) in [6, 6.07) is 7.13. The molecule has 0 bridgehead atoms. The Labute approximate surface area is 126 Å². The minimum atomic E-state index is -0.757. The van der Waals surface area contributed by atoms with Crippen LogP contribution >= 0.6 is 0 Å². The molecule has 0 aliphatic heterocycles. The zero-order valence-electron chi connectivity index (χ0n) is 11.8. The van der Waals surface area contributed by atoms with E-state index in [1.807, 2.05) is 0 Å². The maximum atomic E-state index is 12.2. The number of phenols is 1. The molecule has 0 saturated heterocycles. The van der Waals surface area contributed by atoms with Gasteiger partial charge in [0.05, 0.1) is 19.1 Å². The SMILES string of the molecule is COC(=O)c1cccc(C(=O)CC(=O)c2ccncc2)c1O. The fourth-order valence-corrected chi connectivity index (χ4v) is 1.92. The first-order chi connectivity index (χ1) is 10.5. The molecule has 0 atom stereocenters. The molecule has 0 aliphatic rings. The lowest BCUT2D eigenvalue weighted by molar-refractivity contribution is 0.0597. The Balaban J connectivity index is 2.24. The van der Waals surface area contributed by atoms with E-state index in [1.165, 1.54) is 49.8 Å². The van der Waals surface area contributed by atoms with Crippen LogP contribution in [0.2, 0.25) is 0 Å². The fraction of sp³-hybridized carbons (Fsp3) is 0.125. The van der Waals surface area contributed by atoms with Crippen molar-refractivity contribution in [3.05, 3.63) is 59.4 Å². The molecule has 1 heterocycles. The molecule has 1 aromatic heterocycles. The maximum absolute atomic E-state index is 12.2. The van der Waals surface area contributed by atoms with Gasteiger partial charge in [-0.25, -0.2) is 4.79 Å². The molecule has 6 heteroatoms. The molecule has 0 unspecified atom stereocenters. The quantitative estimate of drug-likeness (QED) is 0.516. The Morgan fingerprint density at radius 3 is 2.32 bits per heavy atom. The van der Waals surface area contributed by atoms with Crippen LogP contribution in [0.25, 0.3) is 0 Å². The first-order valence-electron chi connectivity index (χ1n) is 6.41. The van der Waals surface area contributed by atoms with Crippen molar-refractivity contribution in [3.63, 3.8) is 0 Å². The first kappa shape index (κ1) is 15.4. The van der Waals surface area contributed by atoms with Gasteiger partial charge in [-0.05, 0) is 24.3 Å². The second kappa shape index (κ2) is 6.62. The predicted octanol–water partition coefficient (Wildman–Crippen LogP) is 2.03. The molecule has 112 valence electrons. The number of nitrogens with zero attached hydrogens (tertiary/aromatic N) is 1. The summed E-state index contributed by atoms with van der Waals surface area (Å²) in [5.74, 6) is -2.21. The monoisotopic (exact) mass is 299 g/mol. The van der Waals surface area contributed by atoms with Crippen molar-refractivity contribution in [1.29, 1.82) is 0 Å². The van der Waals surface area contributed by atoms with E-state index in [0.29, 0.717) is 5.56 Å². The Bertz CT molecular complexity index is 725. The molecule has 2 rings (SSSR count). The van der Waals surface area contributed by atoms with Crippen LogP contribution in [0, 0.1) is 0 Å². The van der Waals surface area contributed by atoms with Crippen LogP contribution < -0.4 is 0 Å². The summed E-state index contributed by atoms with van der Waals surface area (Å²) in [6.07, 6.45) is 2.49. The summed E-state index contributed by atoms with van der Waals surface area (Å²) in [4.78, 5) is 39.4. The highest BCUT2D eigenvalue weighted by Gasteiger charge is 2.21. The normalized spacial score (nSPS) is 10.0. The Morgan fingerprint density at radius 2 is 1.68 bits per heavy atom. The van der Waals surface area contributed by atoms with Crippen molar-refractivity contribution in [1.82, 2.24) is 4.98 Å². The molecule has 0 spiro atoms. The van der Waals surface area contributed by atoms with Gasteiger partial charge in [-0.3, -0.25) is 14.6 Å². The zero-order chi connectivity index (χ0) is 16.1. The molecule has 0 fully saturated rings. The second-order valence-corrected chi connectivity index (χ2v) is 4.45. The molecule has 0 amide bonds. The summed E-state index contributed by atoms with van der Waals surface area (Å²) in [6.45, 7) is 0. The van der Waals surface area contributed by atoms with E-state index in [0.717, 1.165) is 0 Å². The molecule has 0 aliphatic carbocycles. The lowest BCUT2D eigenvalue weighted by Crippen LogP contribution is -2.10. The number of phenolic OH excluding ortho intramolecular Hbond substituents is 1. The number of rotatable bonds is 5. The third-order valence-electron chi connectivity index (χ3n) is 3.07. The summed E-state index contributed by atoms with van der Waals surface area (Å²) < 4.78 is 4.52. The van der Waals surface area contributed by atoms with E-state index < -0.39 is 29.7 Å². The third kappa shape index (κ3) is 3.17. The van der Waals surface area contributed by atoms with Gasteiger partial charge < -0.3 is 9.84 Å². The van der Waals surface area contributed by atoms with E-state index in [9.17, 15) is 19.5 Å². The van der Waals surface area contributed by atoms with E-state index in [4.69, 9.17) is 0 Å². The minimum Gasteiger partial charge on any atom is -0.506 e. The van der Waals surface area contributed by atoms with Crippen LogP contribution in [0.15, 0.2) is 42.7 Å². The van der Waals surface area contributed by atoms with Crippen LogP contribution in [0.3, 0.4) is 0 Å². The van der Waals surface area contributed by atoms with Gasteiger partial charge in [-0.15, -0.1) is 0 Å². The van der Waals surface area contributed by atoms with Gasteiger partial charge >= 0.3 is 5.97 Å². The smallest absolute Gasteiger partial charge is 0.341 e. The number of aromatic nitrogens is 1. The first-order valence-corrected chi connectivity index (χ1v) is 6.41. The van der Waals surface area contributed by atoms with Crippen LogP contribution in [-0.2, 0) is 4.74 Å². The standard InChI is InChI=1S/C16H13NO5/c1-22-16(21)12-4-2-3-11(15(12)20)14(19)9-13(18)10-5-7-17-8-6-10/h2-8,20H,9H2,1H3. The molecule has 0 saturated carbocycles. The van der Waals surface area contributed by atoms with E-state index >= 15 is 0 Å². The molecule has 1 N–H and O–H groups in total. The molecule has 1 aromatic carbocycles. The number of ketones is 2. The minimum absolute atomic E-state index is 0.0923.